The van der Waals surface area contributed by atoms with Crippen LogP contribution in [0.4, 0.5) is 3.89 Å². The topological polar surface area (TPSA) is 33.1 Å². The van der Waals surface area contributed by atoms with Crippen molar-refractivity contribution in [3.8, 4) is 0 Å². The molecule has 1 aromatic carbocycles. The number of likely N-dealkylation sites (tertiary alicyclic amines) is 1. The number of aryl methyl sites for hydroxylation is 1. The molecule has 3 rings (SSSR count). The van der Waals surface area contributed by atoms with Gasteiger partial charge in [-0.15, -0.1) is 0 Å². The van der Waals surface area contributed by atoms with Crippen LogP contribution in [0.25, 0.3) is 11.4 Å². The Morgan fingerprint density at radius 2 is 2.04 bits per heavy atom. The maximum Gasteiger partial charge on any atom is 0.128 e. The van der Waals surface area contributed by atoms with Crippen LogP contribution in [0.1, 0.15) is 29.7 Å². The van der Waals surface area contributed by atoms with E-state index in [9.17, 15) is 3.89 Å². The maximum absolute atomic E-state index is 13.2. The number of halogens is 1. The zero-order valence-corrected chi connectivity index (χ0v) is 17.7. The zero-order chi connectivity index (χ0) is 20.1. The molecule has 0 spiro atoms. The molecule has 0 amide bonds. The monoisotopic (exact) mass is 400 g/mol. The summed E-state index contributed by atoms with van der Waals surface area (Å²) in [5, 5.41) is 7.98. The summed E-state index contributed by atoms with van der Waals surface area (Å²) in [5.41, 5.74) is 3.97. The van der Waals surface area contributed by atoms with Crippen molar-refractivity contribution in [1.29, 1.82) is 0 Å². The molecule has 4 nitrogen and oxygen atoms in total. The minimum absolute atomic E-state index is 0.231. The third kappa shape index (κ3) is 4.86. The molecule has 2 aromatic rings. The Labute approximate surface area is 171 Å². The van der Waals surface area contributed by atoms with Crippen LogP contribution in [0.2, 0.25) is 0 Å². The van der Waals surface area contributed by atoms with Crippen molar-refractivity contribution in [3.63, 3.8) is 0 Å². The molecule has 2 heterocycles. The van der Waals surface area contributed by atoms with Crippen molar-refractivity contribution in [1.82, 2.24) is 20.0 Å². The number of allylic oxidation sites excluding steroid dienone is 2. The van der Waals surface area contributed by atoms with E-state index in [1.54, 1.807) is 10.9 Å². The molecular formula is C22H29FN4S. The summed E-state index contributed by atoms with van der Waals surface area (Å²) in [6, 6.07) is 8.19. The van der Waals surface area contributed by atoms with Crippen molar-refractivity contribution >= 4 is 23.5 Å². The first-order valence-electron chi connectivity index (χ1n) is 9.72. The number of nitrogens with zero attached hydrogens (tertiary/aromatic N) is 3. The molecule has 1 N–H and O–H groups in total. The van der Waals surface area contributed by atoms with Crippen LogP contribution in [0.15, 0.2) is 48.0 Å². The highest BCUT2D eigenvalue weighted by molar-refractivity contribution is 7.94. The lowest BCUT2D eigenvalue weighted by Crippen LogP contribution is -2.35. The average Bonchev–Trinajstić information content (AvgIpc) is 3.07. The van der Waals surface area contributed by atoms with Crippen LogP contribution >= 0.6 is 12.1 Å². The summed E-state index contributed by atoms with van der Waals surface area (Å²) in [4.78, 5) is 2.91. The van der Waals surface area contributed by atoms with Gasteiger partial charge in [0.2, 0.25) is 0 Å². The van der Waals surface area contributed by atoms with E-state index < -0.39 is 0 Å². The molecule has 0 bridgehead atoms. The number of nitrogens with one attached hydrogen (secondary N) is 1. The summed E-state index contributed by atoms with van der Waals surface area (Å²) in [7, 11) is 2.17. The Morgan fingerprint density at radius 3 is 2.68 bits per heavy atom. The molecule has 1 aromatic heterocycles. The molecule has 150 valence electrons. The van der Waals surface area contributed by atoms with Gasteiger partial charge in [0.05, 0.1) is 28.9 Å². The van der Waals surface area contributed by atoms with E-state index in [4.69, 9.17) is 0 Å². The number of piperidine rings is 1. The van der Waals surface area contributed by atoms with Crippen LogP contribution in [0.3, 0.4) is 0 Å². The van der Waals surface area contributed by atoms with Crippen molar-refractivity contribution in [2.24, 2.45) is 5.92 Å². The lowest BCUT2D eigenvalue weighted by molar-refractivity contribution is 0.219. The van der Waals surface area contributed by atoms with Gasteiger partial charge in [0.25, 0.3) is 0 Å². The summed E-state index contributed by atoms with van der Waals surface area (Å²) in [6.45, 7) is 11.4. The van der Waals surface area contributed by atoms with Crippen LogP contribution in [0.5, 0.6) is 0 Å². The van der Waals surface area contributed by atoms with E-state index in [-0.39, 0.29) is 12.1 Å². The third-order valence-electron chi connectivity index (χ3n) is 5.49. The normalized spacial score (nSPS) is 16.4. The minimum atomic E-state index is 0.231. The van der Waals surface area contributed by atoms with Gasteiger partial charge in [-0.25, -0.2) is 4.68 Å². The SMILES string of the molecule is C=C(/C=C(/NCC1CCN(C)CC1)n1ncc(SF)c1C)c1ccccc1C. The van der Waals surface area contributed by atoms with E-state index in [1.807, 2.05) is 25.1 Å². The van der Waals surface area contributed by atoms with Gasteiger partial charge in [0.1, 0.15) is 5.82 Å². The number of hydrogen-bond donors (Lipinski definition) is 1. The predicted molar refractivity (Wildman–Crippen MR) is 117 cm³/mol. The van der Waals surface area contributed by atoms with Gasteiger partial charge in [-0.1, -0.05) is 30.8 Å². The highest BCUT2D eigenvalue weighted by atomic mass is 32.2. The second-order valence-corrected chi connectivity index (χ2v) is 8.17. The lowest BCUT2D eigenvalue weighted by atomic mass is 9.97. The van der Waals surface area contributed by atoms with Gasteiger partial charge >= 0.3 is 0 Å². The summed E-state index contributed by atoms with van der Waals surface area (Å²) >= 11 is 0.231. The van der Waals surface area contributed by atoms with E-state index >= 15 is 0 Å². The Hall–Kier alpha value is -2.05. The maximum atomic E-state index is 13.2. The fourth-order valence-corrected chi connectivity index (χ4v) is 3.88. The van der Waals surface area contributed by atoms with Gasteiger partial charge in [0, 0.05) is 6.54 Å². The first kappa shape index (κ1) is 20.7. The molecule has 28 heavy (non-hydrogen) atoms. The molecule has 1 saturated heterocycles. The number of rotatable bonds is 7. The molecule has 1 fully saturated rings. The largest absolute Gasteiger partial charge is 0.370 e. The molecule has 0 aliphatic carbocycles. The molecule has 1 aliphatic rings. The first-order valence-corrected chi connectivity index (χ1v) is 10.4. The summed E-state index contributed by atoms with van der Waals surface area (Å²) < 4.78 is 14.9. The number of hydrogen-bond acceptors (Lipinski definition) is 4. The first-order chi connectivity index (χ1) is 13.5. The second-order valence-electron chi connectivity index (χ2n) is 7.58. The Balaban J connectivity index is 1.84. The van der Waals surface area contributed by atoms with Crippen molar-refractivity contribution < 1.29 is 3.89 Å². The van der Waals surface area contributed by atoms with Crippen molar-refractivity contribution in [2.75, 3.05) is 26.7 Å². The van der Waals surface area contributed by atoms with E-state index in [0.717, 1.165) is 42.3 Å². The van der Waals surface area contributed by atoms with Gasteiger partial charge in [-0.3, -0.25) is 0 Å². The van der Waals surface area contributed by atoms with Crippen LogP contribution in [0, 0.1) is 19.8 Å². The molecule has 1 aliphatic heterocycles. The average molecular weight is 401 g/mol. The quantitative estimate of drug-likeness (QED) is 0.669. The second kappa shape index (κ2) is 9.43. The standard InChI is InChI=1S/C22H29FN4S/c1-16-7-5-6-8-20(16)17(2)13-22(27-18(3)21(28-23)15-25-27)24-14-19-9-11-26(4)12-10-19/h5-8,13,15,19,24H,2,9-12,14H2,1,3-4H3/b22-13-. The smallest absolute Gasteiger partial charge is 0.128 e. The molecule has 0 saturated carbocycles. The lowest BCUT2D eigenvalue weighted by Gasteiger charge is -2.29. The van der Waals surface area contributed by atoms with Gasteiger partial charge in [-0.2, -0.15) is 8.98 Å². The molecule has 0 atom stereocenters. The Kier molecular flexibility index (Phi) is 6.97. The third-order valence-corrected chi connectivity index (χ3v) is 6.06. The predicted octanol–water partition coefficient (Wildman–Crippen LogP) is 4.92. The number of aromatic nitrogens is 2. The van der Waals surface area contributed by atoms with E-state index in [1.165, 1.54) is 18.4 Å². The number of benzene rings is 1. The fraction of sp³-hybridized carbons (Fsp3) is 0.409. The van der Waals surface area contributed by atoms with Crippen LogP contribution < -0.4 is 5.32 Å². The van der Waals surface area contributed by atoms with Crippen molar-refractivity contribution in [3.05, 3.63) is 59.9 Å². The summed E-state index contributed by atoms with van der Waals surface area (Å²) in [6.07, 6.45) is 5.95. The zero-order valence-electron chi connectivity index (χ0n) is 16.9. The summed E-state index contributed by atoms with van der Waals surface area (Å²) in [5.74, 6) is 1.46. The molecular weight excluding hydrogens is 371 g/mol. The minimum Gasteiger partial charge on any atom is -0.370 e. The van der Waals surface area contributed by atoms with E-state index in [0.29, 0.717) is 10.8 Å². The highest BCUT2D eigenvalue weighted by Crippen LogP contribution is 2.26. The van der Waals surface area contributed by atoms with Gasteiger partial charge in [-0.05, 0) is 75.5 Å². The van der Waals surface area contributed by atoms with E-state index in [2.05, 4.69) is 48.0 Å². The molecule has 0 radical (unpaired) electrons. The highest BCUT2D eigenvalue weighted by Gasteiger charge is 2.18. The molecule has 0 unspecified atom stereocenters. The fourth-order valence-electron chi connectivity index (χ4n) is 3.59. The Morgan fingerprint density at radius 1 is 1.32 bits per heavy atom. The van der Waals surface area contributed by atoms with Gasteiger partial charge in [0.15, 0.2) is 0 Å². The van der Waals surface area contributed by atoms with Crippen LogP contribution in [-0.4, -0.2) is 41.4 Å². The van der Waals surface area contributed by atoms with Crippen molar-refractivity contribution in [2.45, 2.75) is 31.6 Å². The van der Waals surface area contributed by atoms with Crippen LogP contribution in [-0.2, 0) is 0 Å². The molecule has 6 heteroatoms. The van der Waals surface area contributed by atoms with Gasteiger partial charge < -0.3 is 10.2 Å². The Bertz CT molecular complexity index is 850.